The number of nitriles is 1. The van der Waals surface area contributed by atoms with E-state index in [1.165, 1.54) is 19.2 Å². The largest absolute Gasteiger partial charge is 0.453 e. The number of rotatable bonds is 7. The Morgan fingerprint density at radius 3 is 2.40 bits per heavy atom. The second-order valence-electron chi connectivity index (χ2n) is 10.4. The summed E-state index contributed by atoms with van der Waals surface area (Å²) in [5.74, 6) is 6.34. The summed E-state index contributed by atoms with van der Waals surface area (Å²) in [6.07, 6.45) is 4.60. The highest BCUT2D eigenvalue weighted by Crippen LogP contribution is 2.50. The Morgan fingerprint density at radius 1 is 1.07 bits per heavy atom. The molecule has 1 heterocycles. The van der Waals surface area contributed by atoms with E-state index >= 15 is 0 Å². The molecule has 40 heavy (non-hydrogen) atoms. The second kappa shape index (κ2) is 13.5. The van der Waals surface area contributed by atoms with Crippen LogP contribution in [0.3, 0.4) is 0 Å². The number of likely N-dealkylation sites (tertiary alicyclic amines) is 1. The summed E-state index contributed by atoms with van der Waals surface area (Å²) < 4.78 is 42.4. The fourth-order valence-electron chi connectivity index (χ4n) is 6.32. The number of halogens is 3. The number of hydrogen-bond acceptors (Lipinski definition) is 5. The standard InChI is InChI=1S/C31H34F3N3O2S/c1-39-29(38)36-28-12-7-11-27(28)30(22-35,24-9-3-2-4-10-24)25-17-20-37(21-18-25)19-6-5-8-23-13-15-26(16-14-23)40-31(32,33)34/h2-4,9-10,13-16,25,27-28H,6-7,11-12,17-21H2,1H3,(H,36,38)/t27-,28-,30?/m0/s1. The average Bonchev–Trinajstić information content (AvgIpc) is 3.41. The molecule has 2 aromatic carbocycles. The molecule has 3 atom stereocenters. The van der Waals surface area contributed by atoms with Crippen molar-refractivity contribution in [3.8, 4) is 17.9 Å². The molecule has 212 valence electrons. The van der Waals surface area contributed by atoms with Gasteiger partial charge in [-0.3, -0.25) is 0 Å². The minimum Gasteiger partial charge on any atom is -0.453 e. The highest BCUT2D eigenvalue weighted by atomic mass is 32.2. The molecular formula is C31H34F3N3O2S. The molecule has 1 saturated heterocycles. The Hall–Kier alpha value is -3.14. The van der Waals surface area contributed by atoms with E-state index in [-0.39, 0.29) is 34.5 Å². The zero-order chi connectivity index (χ0) is 28.6. The van der Waals surface area contributed by atoms with Crippen molar-refractivity contribution in [1.82, 2.24) is 10.2 Å². The molecule has 4 rings (SSSR count). The fourth-order valence-corrected chi connectivity index (χ4v) is 6.86. The third-order valence-corrected chi connectivity index (χ3v) is 8.87. The smallest absolute Gasteiger partial charge is 0.446 e. The van der Waals surface area contributed by atoms with E-state index in [4.69, 9.17) is 4.74 Å². The van der Waals surface area contributed by atoms with E-state index in [2.05, 4.69) is 28.1 Å². The van der Waals surface area contributed by atoms with Crippen LogP contribution in [0.15, 0.2) is 59.5 Å². The maximum Gasteiger partial charge on any atom is 0.446 e. The van der Waals surface area contributed by atoms with Crippen molar-refractivity contribution in [3.63, 3.8) is 0 Å². The van der Waals surface area contributed by atoms with Gasteiger partial charge in [-0.1, -0.05) is 48.6 Å². The van der Waals surface area contributed by atoms with Crippen molar-refractivity contribution in [2.75, 3.05) is 26.7 Å². The Bertz CT molecular complexity index is 1230. The molecule has 1 unspecified atom stereocenters. The summed E-state index contributed by atoms with van der Waals surface area (Å²) in [5.41, 5.74) is -3.29. The minimum atomic E-state index is -4.30. The molecule has 2 fully saturated rings. The number of nitrogens with zero attached hydrogens (tertiary/aromatic N) is 2. The number of carbonyl (C=O) groups excluding carboxylic acids is 1. The number of alkyl carbamates (subject to hydrolysis) is 1. The molecule has 1 saturated carbocycles. The van der Waals surface area contributed by atoms with Gasteiger partial charge in [0.05, 0.1) is 18.6 Å². The van der Waals surface area contributed by atoms with Gasteiger partial charge >= 0.3 is 11.6 Å². The summed E-state index contributed by atoms with van der Waals surface area (Å²) in [6, 6.07) is 18.8. The lowest BCUT2D eigenvalue weighted by molar-refractivity contribution is -0.0328. The molecule has 5 nitrogen and oxygen atoms in total. The molecule has 1 aliphatic carbocycles. The number of nitrogens with one attached hydrogen (secondary N) is 1. The van der Waals surface area contributed by atoms with Crippen molar-refractivity contribution < 1.29 is 22.7 Å². The maximum absolute atomic E-state index is 12.5. The molecule has 1 N–H and O–H groups in total. The summed E-state index contributed by atoms with van der Waals surface area (Å²) in [6.45, 7) is 2.50. The van der Waals surface area contributed by atoms with Gasteiger partial charge in [0.25, 0.3) is 0 Å². The van der Waals surface area contributed by atoms with Gasteiger partial charge in [-0.2, -0.15) is 18.4 Å². The van der Waals surface area contributed by atoms with Crippen LogP contribution in [-0.4, -0.2) is 49.3 Å². The number of methoxy groups -OCH3 is 1. The lowest BCUT2D eigenvalue weighted by atomic mass is 9.59. The molecule has 0 spiro atoms. The van der Waals surface area contributed by atoms with Gasteiger partial charge in [-0.05, 0) is 86.3 Å². The summed E-state index contributed by atoms with van der Waals surface area (Å²) in [4.78, 5) is 14.6. The third-order valence-electron chi connectivity index (χ3n) is 8.13. The Balaban J connectivity index is 1.39. The van der Waals surface area contributed by atoms with Crippen molar-refractivity contribution in [2.45, 2.75) is 60.4 Å². The van der Waals surface area contributed by atoms with E-state index in [9.17, 15) is 23.2 Å². The monoisotopic (exact) mass is 569 g/mol. The molecule has 1 amide bonds. The summed E-state index contributed by atoms with van der Waals surface area (Å²) in [5, 5.41) is 13.8. The highest BCUT2D eigenvalue weighted by Gasteiger charge is 2.52. The molecule has 0 bridgehead atoms. The Morgan fingerprint density at radius 2 is 1.77 bits per heavy atom. The van der Waals surface area contributed by atoms with E-state index in [0.29, 0.717) is 12.0 Å². The zero-order valence-electron chi connectivity index (χ0n) is 22.5. The maximum atomic E-state index is 12.5. The van der Waals surface area contributed by atoms with Crippen LogP contribution in [0.25, 0.3) is 0 Å². The third kappa shape index (κ3) is 7.33. The average molecular weight is 570 g/mol. The van der Waals surface area contributed by atoms with Crippen molar-refractivity contribution >= 4 is 17.9 Å². The first-order valence-electron chi connectivity index (χ1n) is 13.6. The van der Waals surface area contributed by atoms with E-state index in [0.717, 1.165) is 57.3 Å². The predicted molar refractivity (Wildman–Crippen MR) is 149 cm³/mol. The lowest BCUT2D eigenvalue weighted by Gasteiger charge is -2.46. The topological polar surface area (TPSA) is 65.4 Å². The molecule has 9 heteroatoms. The number of carbonyl (C=O) groups is 1. The number of amides is 1. The number of ether oxygens (including phenoxy) is 1. The van der Waals surface area contributed by atoms with Crippen LogP contribution in [0.1, 0.15) is 49.7 Å². The van der Waals surface area contributed by atoms with Crippen LogP contribution >= 0.6 is 11.8 Å². The first-order valence-corrected chi connectivity index (χ1v) is 14.4. The van der Waals surface area contributed by atoms with Crippen molar-refractivity contribution in [2.24, 2.45) is 11.8 Å². The number of benzene rings is 2. The number of alkyl halides is 3. The molecule has 2 aliphatic rings. The van der Waals surface area contributed by atoms with Crippen LogP contribution < -0.4 is 5.32 Å². The fraction of sp³-hybridized carbons (Fsp3) is 0.484. The van der Waals surface area contributed by atoms with Gasteiger partial charge in [-0.15, -0.1) is 0 Å². The van der Waals surface area contributed by atoms with Gasteiger partial charge in [0.2, 0.25) is 0 Å². The SMILES string of the molecule is COC(=O)N[C@H]1CCC[C@@H]1C(C#N)(c1ccccc1)C1CCN(CCC#Cc2ccc(SC(F)(F)F)cc2)CC1. The molecule has 2 aromatic rings. The van der Waals surface area contributed by atoms with Gasteiger partial charge in [0, 0.05) is 35.4 Å². The van der Waals surface area contributed by atoms with Gasteiger partial charge in [0.15, 0.2) is 0 Å². The number of piperidine rings is 1. The van der Waals surface area contributed by atoms with Crippen LogP contribution in [0.5, 0.6) is 0 Å². The Kier molecular flexibility index (Phi) is 10.1. The minimum absolute atomic E-state index is 0.00216. The normalized spacial score (nSPS) is 21.5. The van der Waals surface area contributed by atoms with Crippen LogP contribution in [0.2, 0.25) is 0 Å². The number of hydrogen-bond donors (Lipinski definition) is 1. The molecule has 1 aliphatic heterocycles. The van der Waals surface area contributed by atoms with Gasteiger partial charge in [0.1, 0.15) is 0 Å². The number of thioether (sulfide) groups is 1. The molecule has 0 aromatic heterocycles. The van der Waals surface area contributed by atoms with E-state index in [1.54, 1.807) is 12.1 Å². The van der Waals surface area contributed by atoms with E-state index < -0.39 is 17.0 Å². The zero-order valence-corrected chi connectivity index (χ0v) is 23.4. The van der Waals surface area contributed by atoms with E-state index in [1.807, 2.05) is 30.3 Å². The summed E-state index contributed by atoms with van der Waals surface area (Å²) >= 11 is -0.129. The quantitative estimate of drug-likeness (QED) is 0.296. The van der Waals surface area contributed by atoms with Gasteiger partial charge in [-0.25, -0.2) is 4.79 Å². The first-order chi connectivity index (χ1) is 19.2. The van der Waals surface area contributed by atoms with Crippen LogP contribution in [0.4, 0.5) is 18.0 Å². The Labute approximate surface area is 238 Å². The molecule has 0 radical (unpaired) electrons. The van der Waals surface area contributed by atoms with Crippen LogP contribution in [0, 0.1) is 35.0 Å². The van der Waals surface area contributed by atoms with Crippen molar-refractivity contribution in [1.29, 1.82) is 5.26 Å². The second-order valence-corrected chi connectivity index (χ2v) is 11.5. The van der Waals surface area contributed by atoms with Gasteiger partial charge < -0.3 is 15.0 Å². The van der Waals surface area contributed by atoms with Crippen LogP contribution in [-0.2, 0) is 10.2 Å². The lowest BCUT2D eigenvalue weighted by Crippen LogP contribution is -2.52. The highest BCUT2D eigenvalue weighted by molar-refractivity contribution is 8.00. The van der Waals surface area contributed by atoms with Crippen molar-refractivity contribution in [3.05, 3.63) is 65.7 Å². The predicted octanol–water partition coefficient (Wildman–Crippen LogP) is 6.74. The first kappa shape index (κ1) is 29.8. The summed E-state index contributed by atoms with van der Waals surface area (Å²) in [7, 11) is 1.36. The molecular weight excluding hydrogens is 535 g/mol.